The number of anilines is 1. The molecule has 0 aliphatic carbocycles. The molecule has 0 bridgehead atoms. The van der Waals surface area contributed by atoms with E-state index in [4.69, 9.17) is 0 Å². The van der Waals surface area contributed by atoms with E-state index >= 15 is 0 Å². The molecule has 0 radical (unpaired) electrons. The third-order valence-electron chi connectivity index (χ3n) is 5.81. The van der Waals surface area contributed by atoms with E-state index in [0.717, 1.165) is 47.6 Å². The molecular weight excluding hydrogens is 376 g/mol. The van der Waals surface area contributed by atoms with Gasteiger partial charge in [-0.15, -0.1) is 0 Å². The molecule has 1 atom stereocenters. The lowest BCUT2D eigenvalue weighted by molar-refractivity contribution is 0.114. The maximum Gasteiger partial charge on any atom is 0.148 e. The van der Waals surface area contributed by atoms with Crippen molar-refractivity contribution in [2.45, 2.75) is 19.1 Å². The van der Waals surface area contributed by atoms with Crippen molar-refractivity contribution < 1.29 is 5.11 Å². The number of fused-ring (bicyclic) bond motifs is 2. The Labute approximate surface area is 175 Å². The molecule has 3 heterocycles. The average molecular weight is 403 g/mol. The van der Waals surface area contributed by atoms with Crippen LogP contribution in [0.4, 0.5) is 5.82 Å². The third kappa shape index (κ3) is 3.81. The molecule has 1 unspecified atom stereocenters. The Morgan fingerprint density at radius 3 is 2.93 bits per heavy atom. The van der Waals surface area contributed by atoms with Gasteiger partial charge in [-0.2, -0.15) is 5.10 Å². The highest BCUT2D eigenvalue weighted by molar-refractivity contribution is 5.81. The second-order valence-corrected chi connectivity index (χ2v) is 8.01. The molecule has 1 aliphatic heterocycles. The van der Waals surface area contributed by atoms with E-state index in [2.05, 4.69) is 55.7 Å². The highest BCUT2D eigenvalue weighted by Gasteiger charge is 2.18. The molecule has 5 rings (SSSR count). The molecular formula is C23H26N6O. The Morgan fingerprint density at radius 2 is 2.03 bits per heavy atom. The summed E-state index contributed by atoms with van der Waals surface area (Å²) in [6, 6.07) is 16.7. The van der Waals surface area contributed by atoms with Gasteiger partial charge in [0.05, 0.1) is 29.2 Å². The number of β-amino-alcohol motifs (C(OH)–C–C–N with tert-alkyl or cyclic N) is 1. The number of nitrogens with zero attached hydrogens (tertiary/aromatic N) is 4. The number of aromatic nitrogens is 4. The first-order valence-electron chi connectivity index (χ1n) is 10.3. The quantitative estimate of drug-likeness (QED) is 0.462. The molecule has 30 heavy (non-hydrogen) atoms. The molecule has 7 nitrogen and oxygen atoms in total. The molecule has 0 fully saturated rings. The Balaban J connectivity index is 1.18. The van der Waals surface area contributed by atoms with Crippen molar-refractivity contribution in [1.82, 2.24) is 24.6 Å². The number of rotatable bonds is 6. The van der Waals surface area contributed by atoms with Crippen LogP contribution in [0.3, 0.4) is 0 Å². The summed E-state index contributed by atoms with van der Waals surface area (Å²) in [6.07, 6.45) is 2.40. The first kappa shape index (κ1) is 18.8. The second-order valence-electron chi connectivity index (χ2n) is 8.01. The molecule has 154 valence electrons. The van der Waals surface area contributed by atoms with Gasteiger partial charge in [-0.3, -0.25) is 10.00 Å². The fraction of sp³-hybridized carbons (Fsp3) is 0.304. The predicted molar refractivity (Wildman–Crippen MR) is 118 cm³/mol. The maximum absolute atomic E-state index is 10.5. The summed E-state index contributed by atoms with van der Waals surface area (Å²) in [5.74, 6) is 0.734. The van der Waals surface area contributed by atoms with Gasteiger partial charge in [0.1, 0.15) is 5.82 Å². The molecule has 0 spiro atoms. The van der Waals surface area contributed by atoms with Crippen LogP contribution in [0.1, 0.15) is 11.1 Å². The average Bonchev–Trinajstić information content (AvgIpc) is 3.39. The second kappa shape index (κ2) is 7.93. The normalized spacial score (nSPS) is 15.3. The van der Waals surface area contributed by atoms with Crippen LogP contribution in [0.15, 0.2) is 54.9 Å². The van der Waals surface area contributed by atoms with Crippen molar-refractivity contribution >= 4 is 16.9 Å². The molecule has 1 aliphatic rings. The highest BCUT2D eigenvalue weighted by Crippen LogP contribution is 2.24. The summed E-state index contributed by atoms with van der Waals surface area (Å²) in [5, 5.41) is 21.2. The standard InChI is InChI=1S/C23H26N6O/c1-28-15-25-20-7-6-17(10-22(20)28)21-11-23(27-26-21)24-12-19(30)14-29-9-8-16-4-2-3-5-18(16)13-29/h2-7,10-11,15,19,30H,8-9,12-14H2,1H3,(H2,24,26,27). The van der Waals surface area contributed by atoms with Gasteiger partial charge in [0.25, 0.3) is 0 Å². The van der Waals surface area contributed by atoms with Crippen LogP contribution in [-0.4, -0.2) is 55.5 Å². The van der Waals surface area contributed by atoms with Gasteiger partial charge in [-0.1, -0.05) is 30.3 Å². The Hall–Kier alpha value is -3.16. The predicted octanol–water partition coefficient (Wildman–Crippen LogP) is 2.79. The topological polar surface area (TPSA) is 82.0 Å². The number of aromatic amines is 1. The van der Waals surface area contributed by atoms with Crippen molar-refractivity contribution in [2.24, 2.45) is 7.05 Å². The molecule has 0 saturated heterocycles. The van der Waals surface area contributed by atoms with Crippen LogP contribution in [0, 0.1) is 0 Å². The van der Waals surface area contributed by atoms with Crippen molar-refractivity contribution in [3.05, 3.63) is 66.0 Å². The van der Waals surface area contributed by atoms with E-state index < -0.39 is 6.10 Å². The first-order valence-corrected chi connectivity index (χ1v) is 10.3. The van der Waals surface area contributed by atoms with Crippen LogP contribution >= 0.6 is 0 Å². The number of hydrogen-bond donors (Lipinski definition) is 3. The molecule has 2 aromatic heterocycles. The number of aryl methyl sites for hydroxylation is 1. The summed E-state index contributed by atoms with van der Waals surface area (Å²) >= 11 is 0. The lowest BCUT2D eigenvalue weighted by atomic mass is 10.00. The van der Waals surface area contributed by atoms with E-state index in [0.29, 0.717) is 13.1 Å². The summed E-state index contributed by atoms with van der Waals surface area (Å²) in [7, 11) is 1.99. The van der Waals surface area contributed by atoms with Gasteiger partial charge in [0.2, 0.25) is 0 Å². The summed E-state index contributed by atoms with van der Waals surface area (Å²) in [5.41, 5.74) is 6.83. The van der Waals surface area contributed by atoms with Gasteiger partial charge in [0.15, 0.2) is 0 Å². The zero-order valence-electron chi connectivity index (χ0n) is 17.0. The SMILES string of the molecule is Cn1cnc2ccc(-c3cc(NCC(O)CN4CCc5ccccc5C4)n[nH]3)cc21. The number of aliphatic hydroxyl groups is 1. The Kier molecular flexibility index (Phi) is 4.98. The van der Waals surface area contributed by atoms with Crippen LogP contribution in [0.5, 0.6) is 0 Å². The third-order valence-corrected chi connectivity index (χ3v) is 5.81. The van der Waals surface area contributed by atoms with E-state index in [1.807, 2.05) is 36.1 Å². The van der Waals surface area contributed by atoms with E-state index in [-0.39, 0.29) is 0 Å². The molecule has 0 saturated carbocycles. The highest BCUT2D eigenvalue weighted by atomic mass is 16.3. The molecule has 2 aromatic carbocycles. The van der Waals surface area contributed by atoms with Crippen LogP contribution in [0.25, 0.3) is 22.3 Å². The zero-order valence-corrected chi connectivity index (χ0v) is 17.0. The van der Waals surface area contributed by atoms with E-state index in [1.54, 1.807) is 0 Å². The molecule has 7 heteroatoms. The van der Waals surface area contributed by atoms with Gasteiger partial charge in [0, 0.05) is 44.9 Å². The number of hydrogen-bond acceptors (Lipinski definition) is 5. The number of benzene rings is 2. The summed E-state index contributed by atoms with van der Waals surface area (Å²) in [4.78, 5) is 6.67. The molecule has 3 N–H and O–H groups in total. The lowest BCUT2D eigenvalue weighted by Gasteiger charge is -2.30. The van der Waals surface area contributed by atoms with Gasteiger partial charge >= 0.3 is 0 Å². The largest absolute Gasteiger partial charge is 0.390 e. The molecule has 0 amide bonds. The van der Waals surface area contributed by atoms with Gasteiger partial charge in [-0.25, -0.2) is 4.98 Å². The first-order chi connectivity index (χ1) is 14.7. The minimum absolute atomic E-state index is 0.457. The van der Waals surface area contributed by atoms with Crippen molar-refractivity contribution in [1.29, 1.82) is 0 Å². The fourth-order valence-electron chi connectivity index (χ4n) is 4.15. The zero-order chi connectivity index (χ0) is 20.5. The number of nitrogens with one attached hydrogen (secondary N) is 2. The smallest absolute Gasteiger partial charge is 0.148 e. The van der Waals surface area contributed by atoms with E-state index in [1.165, 1.54) is 11.1 Å². The maximum atomic E-state index is 10.5. The minimum Gasteiger partial charge on any atom is -0.390 e. The fourth-order valence-corrected chi connectivity index (χ4v) is 4.15. The minimum atomic E-state index is -0.457. The lowest BCUT2D eigenvalue weighted by Crippen LogP contribution is -2.39. The van der Waals surface area contributed by atoms with Crippen LogP contribution < -0.4 is 5.32 Å². The Bertz CT molecular complexity index is 1160. The summed E-state index contributed by atoms with van der Waals surface area (Å²) in [6.45, 7) is 2.99. The van der Waals surface area contributed by atoms with Crippen LogP contribution in [-0.2, 0) is 20.0 Å². The van der Waals surface area contributed by atoms with Crippen LogP contribution in [0.2, 0.25) is 0 Å². The van der Waals surface area contributed by atoms with Gasteiger partial charge in [-0.05, 0) is 29.7 Å². The van der Waals surface area contributed by atoms with Crippen molar-refractivity contribution in [3.8, 4) is 11.3 Å². The monoisotopic (exact) mass is 402 g/mol. The summed E-state index contributed by atoms with van der Waals surface area (Å²) < 4.78 is 2.00. The number of imidazole rings is 1. The number of aliphatic hydroxyl groups excluding tert-OH is 1. The van der Waals surface area contributed by atoms with Gasteiger partial charge < -0.3 is 15.0 Å². The van der Waals surface area contributed by atoms with Crippen molar-refractivity contribution in [3.63, 3.8) is 0 Å². The Morgan fingerprint density at radius 1 is 1.17 bits per heavy atom. The molecule has 4 aromatic rings. The van der Waals surface area contributed by atoms with E-state index in [9.17, 15) is 5.11 Å². The number of H-pyrrole nitrogens is 1. The van der Waals surface area contributed by atoms with Crippen molar-refractivity contribution in [2.75, 3.05) is 25.0 Å².